The summed E-state index contributed by atoms with van der Waals surface area (Å²) in [6.45, 7) is 6.85. The van der Waals surface area contributed by atoms with E-state index in [1.165, 1.54) is 0 Å². The van der Waals surface area contributed by atoms with Crippen molar-refractivity contribution in [2.24, 2.45) is 16.7 Å². The first-order valence-corrected chi connectivity index (χ1v) is 7.23. The highest BCUT2D eigenvalue weighted by atomic mass is 16.5. The molecule has 2 bridgehead atoms. The number of carbonyl (C=O) groups is 2. The van der Waals surface area contributed by atoms with Crippen LogP contribution in [0.2, 0.25) is 0 Å². The van der Waals surface area contributed by atoms with Gasteiger partial charge in [-0.2, -0.15) is 0 Å². The normalized spacial score (nSPS) is 35.8. The Morgan fingerprint density at radius 3 is 2.32 bits per heavy atom. The number of ether oxygens (including phenoxy) is 2. The maximum atomic E-state index is 12.4. The fourth-order valence-corrected chi connectivity index (χ4v) is 3.26. The highest BCUT2D eigenvalue weighted by molar-refractivity contribution is 5.82. The molecule has 0 N–H and O–H groups in total. The Balaban J connectivity index is 2.26. The smallest absolute Gasteiger partial charge is 0.312 e. The van der Waals surface area contributed by atoms with Gasteiger partial charge in [-0.3, -0.25) is 9.59 Å². The van der Waals surface area contributed by atoms with Gasteiger partial charge in [-0.1, -0.05) is 13.8 Å². The first-order valence-electron chi connectivity index (χ1n) is 7.23. The van der Waals surface area contributed by atoms with Gasteiger partial charge in [0.15, 0.2) is 0 Å². The van der Waals surface area contributed by atoms with Crippen molar-refractivity contribution in [1.82, 2.24) is 0 Å². The largest absolute Gasteiger partial charge is 0.465 e. The van der Waals surface area contributed by atoms with E-state index < -0.39 is 10.8 Å². The maximum Gasteiger partial charge on any atom is 0.312 e. The summed E-state index contributed by atoms with van der Waals surface area (Å²) in [6, 6.07) is 0. The molecule has 2 atom stereocenters. The minimum atomic E-state index is -0.587. The SMILES string of the molecule is CC12CCC(C(=O)OCCCCCOC1=O)C2(C)C. The Hall–Kier alpha value is -1.06. The molecule has 19 heavy (non-hydrogen) atoms. The molecular weight excluding hydrogens is 244 g/mol. The monoisotopic (exact) mass is 268 g/mol. The molecule has 108 valence electrons. The van der Waals surface area contributed by atoms with Gasteiger partial charge in [0.1, 0.15) is 0 Å². The van der Waals surface area contributed by atoms with Crippen LogP contribution in [0.5, 0.6) is 0 Å². The van der Waals surface area contributed by atoms with Crippen molar-refractivity contribution in [2.75, 3.05) is 13.2 Å². The molecule has 4 heteroatoms. The van der Waals surface area contributed by atoms with Gasteiger partial charge in [-0.25, -0.2) is 0 Å². The molecule has 2 unspecified atom stereocenters. The van der Waals surface area contributed by atoms with E-state index in [4.69, 9.17) is 9.47 Å². The van der Waals surface area contributed by atoms with Crippen LogP contribution in [0.4, 0.5) is 0 Å². The number of esters is 2. The second-order valence-corrected chi connectivity index (χ2v) is 6.51. The Morgan fingerprint density at radius 2 is 1.63 bits per heavy atom. The third-order valence-corrected chi connectivity index (χ3v) is 5.23. The molecule has 2 fully saturated rings. The molecule has 0 aromatic heterocycles. The lowest BCUT2D eigenvalue weighted by molar-refractivity contribution is -0.166. The predicted molar refractivity (Wildman–Crippen MR) is 70.4 cm³/mol. The molecule has 1 saturated heterocycles. The maximum absolute atomic E-state index is 12.4. The number of hydrogen-bond acceptors (Lipinski definition) is 4. The third-order valence-electron chi connectivity index (χ3n) is 5.23. The molecule has 2 rings (SSSR count). The Labute approximate surface area is 114 Å². The molecular formula is C15H24O4. The van der Waals surface area contributed by atoms with Gasteiger partial charge >= 0.3 is 11.9 Å². The zero-order valence-electron chi connectivity index (χ0n) is 12.2. The van der Waals surface area contributed by atoms with Gasteiger partial charge in [0.2, 0.25) is 0 Å². The van der Waals surface area contributed by atoms with E-state index >= 15 is 0 Å². The molecule has 1 heterocycles. The topological polar surface area (TPSA) is 52.6 Å². The molecule has 1 saturated carbocycles. The quantitative estimate of drug-likeness (QED) is 0.634. The van der Waals surface area contributed by atoms with Gasteiger partial charge in [0.05, 0.1) is 24.5 Å². The van der Waals surface area contributed by atoms with Gasteiger partial charge in [-0.05, 0) is 44.4 Å². The van der Waals surface area contributed by atoms with Gasteiger partial charge in [0.25, 0.3) is 0 Å². The summed E-state index contributed by atoms with van der Waals surface area (Å²) in [5.41, 5.74) is -1.00. The van der Waals surface area contributed by atoms with Crippen LogP contribution < -0.4 is 0 Å². The Bertz CT molecular complexity index is 374. The molecule has 0 spiro atoms. The van der Waals surface area contributed by atoms with Crippen LogP contribution in [-0.2, 0) is 19.1 Å². The van der Waals surface area contributed by atoms with Crippen molar-refractivity contribution >= 4 is 11.9 Å². The van der Waals surface area contributed by atoms with Crippen LogP contribution in [0.25, 0.3) is 0 Å². The van der Waals surface area contributed by atoms with Crippen LogP contribution in [0.3, 0.4) is 0 Å². The van der Waals surface area contributed by atoms with Crippen molar-refractivity contribution in [3.05, 3.63) is 0 Å². The highest BCUT2D eigenvalue weighted by Gasteiger charge is 2.59. The Morgan fingerprint density at radius 1 is 1.00 bits per heavy atom. The van der Waals surface area contributed by atoms with E-state index in [9.17, 15) is 9.59 Å². The van der Waals surface area contributed by atoms with E-state index in [0.717, 1.165) is 19.3 Å². The van der Waals surface area contributed by atoms with Crippen molar-refractivity contribution in [1.29, 1.82) is 0 Å². The summed E-state index contributed by atoms with van der Waals surface area (Å²) < 4.78 is 10.8. The zero-order valence-corrected chi connectivity index (χ0v) is 12.2. The summed E-state index contributed by atoms with van der Waals surface area (Å²) in [5.74, 6) is -0.514. The van der Waals surface area contributed by atoms with Crippen molar-refractivity contribution in [2.45, 2.75) is 52.9 Å². The number of fused-ring (bicyclic) bond motifs is 2. The van der Waals surface area contributed by atoms with Crippen LogP contribution in [0.1, 0.15) is 52.9 Å². The van der Waals surface area contributed by atoms with Gasteiger partial charge in [-0.15, -0.1) is 0 Å². The predicted octanol–water partition coefficient (Wildman–Crippen LogP) is 2.70. The van der Waals surface area contributed by atoms with Crippen molar-refractivity contribution in [3.63, 3.8) is 0 Å². The number of rotatable bonds is 0. The third kappa shape index (κ3) is 2.37. The molecule has 2 aliphatic rings. The highest BCUT2D eigenvalue weighted by Crippen LogP contribution is 2.56. The first-order chi connectivity index (χ1) is 8.89. The van der Waals surface area contributed by atoms with Crippen LogP contribution in [-0.4, -0.2) is 25.2 Å². The fourth-order valence-electron chi connectivity index (χ4n) is 3.26. The van der Waals surface area contributed by atoms with E-state index in [-0.39, 0.29) is 17.9 Å². The average Bonchev–Trinajstić information content (AvgIpc) is 2.59. The van der Waals surface area contributed by atoms with Crippen molar-refractivity contribution in [3.8, 4) is 0 Å². The molecule has 0 aromatic rings. The molecule has 0 amide bonds. The summed E-state index contributed by atoms with van der Waals surface area (Å²) >= 11 is 0. The van der Waals surface area contributed by atoms with Crippen LogP contribution >= 0.6 is 0 Å². The van der Waals surface area contributed by atoms with Gasteiger partial charge in [0, 0.05) is 0 Å². The number of cyclic esters (lactones) is 2. The second kappa shape index (κ2) is 5.14. The second-order valence-electron chi connectivity index (χ2n) is 6.51. The molecule has 1 aliphatic heterocycles. The lowest BCUT2D eigenvalue weighted by atomic mass is 9.65. The van der Waals surface area contributed by atoms with Crippen LogP contribution in [0, 0.1) is 16.7 Å². The van der Waals surface area contributed by atoms with E-state index in [1.807, 2.05) is 20.8 Å². The average molecular weight is 268 g/mol. The zero-order chi connectivity index (χ0) is 14.1. The summed E-state index contributed by atoms with van der Waals surface area (Å²) in [6.07, 6.45) is 4.00. The summed E-state index contributed by atoms with van der Waals surface area (Å²) in [7, 11) is 0. The molecule has 0 aromatic carbocycles. The standard InChI is InChI=1S/C15H24O4/c1-14(2)11-7-8-15(14,3)13(17)19-10-6-4-5-9-18-12(11)16/h11H,4-10H2,1-3H3. The number of hydrogen-bond donors (Lipinski definition) is 0. The lowest BCUT2D eigenvalue weighted by Gasteiger charge is -2.38. The van der Waals surface area contributed by atoms with E-state index in [2.05, 4.69) is 0 Å². The minimum absolute atomic E-state index is 0.151. The summed E-state index contributed by atoms with van der Waals surface area (Å²) in [4.78, 5) is 24.5. The summed E-state index contributed by atoms with van der Waals surface area (Å²) in [5, 5.41) is 0. The molecule has 1 aliphatic carbocycles. The van der Waals surface area contributed by atoms with E-state index in [0.29, 0.717) is 26.1 Å². The van der Waals surface area contributed by atoms with Crippen LogP contribution in [0.15, 0.2) is 0 Å². The first kappa shape index (κ1) is 14.4. The molecule has 4 nitrogen and oxygen atoms in total. The number of carbonyl (C=O) groups excluding carboxylic acids is 2. The van der Waals surface area contributed by atoms with E-state index in [1.54, 1.807) is 0 Å². The van der Waals surface area contributed by atoms with Gasteiger partial charge < -0.3 is 9.47 Å². The fraction of sp³-hybridized carbons (Fsp3) is 0.867. The van der Waals surface area contributed by atoms with Crippen molar-refractivity contribution < 1.29 is 19.1 Å². The minimum Gasteiger partial charge on any atom is -0.465 e. The lowest BCUT2D eigenvalue weighted by Crippen LogP contribution is -2.44. The molecule has 0 radical (unpaired) electrons. The Kier molecular flexibility index (Phi) is 3.88.